The Hall–Kier alpha value is -2.74. The maximum Gasteiger partial charge on any atom is 0.417 e. The van der Waals surface area contributed by atoms with E-state index in [0.717, 1.165) is 22.4 Å². The Morgan fingerprint density at radius 2 is 1.76 bits per heavy atom. The molecule has 0 bridgehead atoms. The van der Waals surface area contributed by atoms with Crippen LogP contribution in [-0.2, 0) is 6.18 Å². The van der Waals surface area contributed by atoms with Crippen molar-refractivity contribution in [3.8, 4) is 0 Å². The second-order valence-electron chi connectivity index (χ2n) is 6.93. The fourth-order valence-corrected chi connectivity index (χ4v) is 3.84. The lowest BCUT2D eigenvalue weighted by molar-refractivity contribution is -0.137. The van der Waals surface area contributed by atoms with Gasteiger partial charge in [0.05, 0.1) is 16.3 Å². The van der Waals surface area contributed by atoms with E-state index in [1.807, 2.05) is 30.3 Å². The van der Waals surface area contributed by atoms with Crippen molar-refractivity contribution >= 4 is 28.8 Å². The van der Waals surface area contributed by atoms with Crippen molar-refractivity contribution in [3.63, 3.8) is 0 Å². The quantitative estimate of drug-likeness (QED) is 0.619. The molecule has 0 unspecified atom stereocenters. The fourth-order valence-electron chi connectivity index (χ4n) is 3.59. The molecule has 2 aromatic heterocycles. The zero-order chi connectivity index (χ0) is 20.8. The number of imidazole rings is 1. The highest BCUT2D eigenvalue weighted by molar-refractivity contribution is 6.33. The number of piperazine rings is 1. The largest absolute Gasteiger partial charge is 0.417 e. The number of para-hydroxylation sites is 1. The average molecular weight is 423 g/mol. The highest BCUT2D eigenvalue weighted by Crippen LogP contribution is 2.33. The molecule has 152 valence electrons. The molecule has 5 nitrogen and oxygen atoms in total. The van der Waals surface area contributed by atoms with Gasteiger partial charge in [-0.3, -0.25) is 9.20 Å². The number of pyridine rings is 1. The Morgan fingerprint density at radius 3 is 2.38 bits per heavy atom. The summed E-state index contributed by atoms with van der Waals surface area (Å²) in [5.74, 6) is -0.349. The molecule has 1 aromatic carbocycles. The number of aromatic nitrogens is 2. The lowest BCUT2D eigenvalue weighted by Crippen LogP contribution is -2.49. The third-order valence-electron chi connectivity index (χ3n) is 5.07. The topological polar surface area (TPSA) is 40.9 Å². The molecule has 1 aliphatic rings. The van der Waals surface area contributed by atoms with Crippen LogP contribution in [0, 0.1) is 6.92 Å². The third-order valence-corrected chi connectivity index (χ3v) is 5.35. The summed E-state index contributed by atoms with van der Waals surface area (Å²) in [4.78, 5) is 21.2. The Labute approximate surface area is 170 Å². The molecule has 3 aromatic rings. The second kappa shape index (κ2) is 7.26. The Morgan fingerprint density at radius 1 is 1.10 bits per heavy atom. The number of alkyl halides is 3. The number of carbonyl (C=O) groups excluding carboxylic acids is 1. The van der Waals surface area contributed by atoms with Gasteiger partial charge in [-0.15, -0.1) is 0 Å². The minimum atomic E-state index is -4.57. The maximum absolute atomic E-state index is 13.2. The van der Waals surface area contributed by atoms with Crippen LogP contribution in [0.5, 0.6) is 0 Å². The molecule has 4 rings (SSSR count). The average Bonchev–Trinajstić information content (AvgIpc) is 3.04. The lowest BCUT2D eigenvalue weighted by atomic mass is 10.2. The summed E-state index contributed by atoms with van der Waals surface area (Å²) in [5, 5.41) is -0.143. The standard InChI is InChI=1S/C20H18ClF3N4O/c1-13-17(28-12-14(20(22,23)24)11-16(21)18(28)25-13)19(29)27-9-7-26(8-10-27)15-5-3-2-4-6-15/h2-6,11-12H,7-10H2,1H3. The first-order valence-electron chi connectivity index (χ1n) is 9.10. The Balaban J connectivity index is 1.62. The molecule has 0 aliphatic carbocycles. The lowest BCUT2D eigenvalue weighted by Gasteiger charge is -2.36. The van der Waals surface area contributed by atoms with Gasteiger partial charge < -0.3 is 9.80 Å². The Bertz CT molecular complexity index is 1060. The number of aryl methyl sites for hydroxylation is 1. The molecule has 0 saturated carbocycles. The van der Waals surface area contributed by atoms with Crippen molar-refractivity contribution in [3.05, 3.63) is 64.6 Å². The van der Waals surface area contributed by atoms with Crippen LogP contribution in [0.1, 0.15) is 21.7 Å². The van der Waals surface area contributed by atoms with E-state index in [4.69, 9.17) is 11.6 Å². The summed E-state index contributed by atoms with van der Waals surface area (Å²) in [7, 11) is 0. The summed E-state index contributed by atoms with van der Waals surface area (Å²) in [6.07, 6.45) is -3.69. The van der Waals surface area contributed by atoms with E-state index in [9.17, 15) is 18.0 Å². The van der Waals surface area contributed by atoms with Crippen LogP contribution in [-0.4, -0.2) is 46.4 Å². The first kappa shape index (κ1) is 19.6. The number of hydrogen-bond acceptors (Lipinski definition) is 3. The van der Waals surface area contributed by atoms with E-state index in [1.165, 1.54) is 0 Å². The number of rotatable bonds is 2. The van der Waals surface area contributed by atoms with Gasteiger partial charge >= 0.3 is 6.18 Å². The normalized spacial score (nSPS) is 15.2. The van der Waals surface area contributed by atoms with Gasteiger partial charge in [-0.25, -0.2) is 4.98 Å². The predicted octanol–water partition coefficient (Wildman–Crippen LogP) is 4.28. The van der Waals surface area contributed by atoms with E-state index in [-0.39, 0.29) is 22.3 Å². The number of benzene rings is 1. The zero-order valence-corrected chi connectivity index (χ0v) is 16.3. The van der Waals surface area contributed by atoms with Gasteiger partial charge in [0.15, 0.2) is 5.65 Å². The van der Waals surface area contributed by atoms with Crippen molar-refractivity contribution in [1.29, 1.82) is 0 Å². The molecule has 1 fully saturated rings. The summed E-state index contributed by atoms with van der Waals surface area (Å²) in [6.45, 7) is 3.81. The van der Waals surface area contributed by atoms with Crippen LogP contribution in [0.15, 0.2) is 42.6 Å². The summed E-state index contributed by atoms with van der Waals surface area (Å²) < 4.78 is 40.8. The number of anilines is 1. The molecule has 3 heterocycles. The first-order valence-corrected chi connectivity index (χ1v) is 9.48. The number of amides is 1. The number of hydrogen-bond donors (Lipinski definition) is 0. The van der Waals surface area contributed by atoms with Gasteiger partial charge in [0.25, 0.3) is 5.91 Å². The van der Waals surface area contributed by atoms with E-state index in [2.05, 4.69) is 9.88 Å². The first-order chi connectivity index (χ1) is 13.8. The van der Waals surface area contributed by atoms with E-state index in [0.29, 0.717) is 31.9 Å². The van der Waals surface area contributed by atoms with Gasteiger partial charge in [-0.1, -0.05) is 29.8 Å². The highest BCUT2D eigenvalue weighted by atomic mass is 35.5. The van der Waals surface area contributed by atoms with E-state index in [1.54, 1.807) is 11.8 Å². The molecule has 0 spiro atoms. The number of fused-ring (bicyclic) bond motifs is 1. The van der Waals surface area contributed by atoms with Crippen molar-refractivity contribution in [2.75, 3.05) is 31.1 Å². The smallest absolute Gasteiger partial charge is 0.368 e. The molecule has 1 saturated heterocycles. The van der Waals surface area contributed by atoms with Gasteiger partial charge in [0.1, 0.15) is 5.69 Å². The van der Waals surface area contributed by atoms with E-state index >= 15 is 0 Å². The number of nitrogens with zero attached hydrogens (tertiary/aromatic N) is 4. The molecular weight excluding hydrogens is 405 g/mol. The molecule has 9 heteroatoms. The van der Waals surface area contributed by atoms with Crippen molar-refractivity contribution < 1.29 is 18.0 Å². The third kappa shape index (κ3) is 3.64. The van der Waals surface area contributed by atoms with E-state index < -0.39 is 11.7 Å². The molecule has 0 radical (unpaired) electrons. The highest BCUT2D eigenvalue weighted by Gasteiger charge is 2.33. The van der Waals surface area contributed by atoms with Crippen LogP contribution < -0.4 is 4.90 Å². The van der Waals surface area contributed by atoms with Gasteiger partial charge in [0, 0.05) is 38.1 Å². The van der Waals surface area contributed by atoms with Gasteiger partial charge in [-0.05, 0) is 25.1 Å². The second-order valence-corrected chi connectivity index (χ2v) is 7.34. The maximum atomic E-state index is 13.2. The summed E-state index contributed by atoms with van der Waals surface area (Å²) in [6, 6.07) is 10.7. The van der Waals surface area contributed by atoms with Gasteiger partial charge in [-0.2, -0.15) is 13.2 Å². The Kier molecular flexibility index (Phi) is 4.90. The molecule has 1 amide bonds. The SMILES string of the molecule is Cc1nc2c(Cl)cc(C(F)(F)F)cn2c1C(=O)N1CCN(c2ccccc2)CC1. The predicted molar refractivity (Wildman–Crippen MR) is 104 cm³/mol. The molecule has 1 aliphatic heterocycles. The van der Waals surface area contributed by atoms with Crippen LogP contribution in [0.2, 0.25) is 5.02 Å². The van der Waals surface area contributed by atoms with Crippen molar-refractivity contribution in [2.24, 2.45) is 0 Å². The van der Waals surface area contributed by atoms with Crippen LogP contribution in [0.3, 0.4) is 0 Å². The monoisotopic (exact) mass is 422 g/mol. The van der Waals surface area contributed by atoms with Crippen molar-refractivity contribution in [2.45, 2.75) is 13.1 Å². The molecular formula is C20H18ClF3N4O. The fraction of sp³-hybridized carbons (Fsp3) is 0.300. The minimum absolute atomic E-state index is 0.112. The zero-order valence-electron chi connectivity index (χ0n) is 15.6. The number of carbonyl (C=O) groups is 1. The molecule has 0 N–H and O–H groups in total. The number of halogens is 4. The molecule has 0 atom stereocenters. The molecule has 29 heavy (non-hydrogen) atoms. The summed E-state index contributed by atoms with van der Waals surface area (Å²) in [5.41, 5.74) is 0.758. The van der Waals surface area contributed by atoms with Gasteiger partial charge in [0.2, 0.25) is 0 Å². The minimum Gasteiger partial charge on any atom is -0.368 e. The van der Waals surface area contributed by atoms with Crippen LogP contribution in [0.4, 0.5) is 18.9 Å². The van der Waals surface area contributed by atoms with Crippen molar-refractivity contribution in [1.82, 2.24) is 14.3 Å². The summed E-state index contributed by atoms with van der Waals surface area (Å²) >= 11 is 6.02. The van der Waals surface area contributed by atoms with Crippen LogP contribution >= 0.6 is 11.6 Å². The van der Waals surface area contributed by atoms with Crippen LogP contribution in [0.25, 0.3) is 5.65 Å².